The van der Waals surface area contributed by atoms with Gasteiger partial charge in [0.15, 0.2) is 0 Å². The topological polar surface area (TPSA) is 75.9 Å². The van der Waals surface area contributed by atoms with Crippen molar-refractivity contribution in [3.63, 3.8) is 0 Å². The Bertz CT molecular complexity index is 929. The minimum Gasteiger partial charge on any atom is -0.310 e. The Kier molecular flexibility index (Phi) is 4.62. The molecule has 4 heterocycles. The lowest BCUT2D eigenvalue weighted by molar-refractivity contribution is -0.117. The number of carbonyl (C=O) groups is 1. The van der Waals surface area contributed by atoms with Crippen LogP contribution >= 0.6 is 0 Å². The number of amides is 1. The number of pyridine rings is 2. The van der Waals surface area contributed by atoms with Crippen LogP contribution in [0, 0.1) is 0 Å². The number of hydrogen-bond acceptors (Lipinski definition) is 5. The lowest BCUT2D eigenvalue weighted by atomic mass is 10.1. The summed E-state index contributed by atoms with van der Waals surface area (Å²) >= 11 is 0. The molecule has 7 nitrogen and oxygen atoms in total. The molecule has 1 aliphatic heterocycles. The van der Waals surface area contributed by atoms with Gasteiger partial charge in [-0.15, -0.1) is 0 Å². The standard InChI is InChI=1S/C19H22N6O/c1-2-25-12-16(11-22-25)17-7-14-8-18(21-10-15(14)9-20-17)23-19(26)13-24-5-3-4-6-24/h7-12H,2-6,13H2,1H3,(H,21,23,26). The van der Waals surface area contributed by atoms with Gasteiger partial charge in [0.25, 0.3) is 0 Å². The van der Waals surface area contributed by atoms with Gasteiger partial charge in [0.05, 0.1) is 18.4 Å². The highest BCUT2D eigenvalue weighted by Gasteiger charge is 2.15. The zero-order valence-electron chi connectivity index (χ0n) is 14.9. The molecule has 3 aromatic heterocycles. The van der Waals surface area contributed by atoms with Crippen molar-refractivity contribution in [3.8, 4) is 11.3 Å². The number of rotatable bonds is 5. The van der Waals surface area contributed by atoms with Crippen LogP contribution in [0.25, 0.3) is 22.0 Å². The van der Waals surface area contributed by atoms with E-state index in [4.69, 9.17) is 0 Å². The predicted molar refractivity (Wildman–Crippen MR) is 101 cm³/mol. The van der Waals surface area contributed by atoms with E-state index < -0.39 is 0 Å². The fraction of sp³-hybridized carbons (Fsp3) is 0.368. The molecule has 4 rings (SSSR count). The zero-order valence-corrected chi connectivity index (χ0v) is 14.9. The summed E-state index contributed by atoms with van der Waals surface area (Å²) in [6, 6.07) is 3.90. The average molecular weight is 350 g/mol. The average Bonchev–Trinajstić information content (AvgIpc) is 3.32. The van der Waals surface area contributed by atoms with Gasteiger partial charge < -0.3 is 5.32 Å². The number of hydrogen-bond donors (Lipinski definition) is 1. The Morgan fingerprint density at radius 2 is 1.92 bits per heavy atom. The number of anilines is 1. The van der Waals surface area contributed by atoms with E-state index in [1.165, 1.54) is 12.8 Å². The maximum absolute atomic E-state index is 12.2. The first-order valence-electron chi connectivity index (χ1n) is 9.02. The third-order valence-electron chi connectivity index (χ3n) is 4.69. The predicted octanol–water partition coefficient (Wildman–Crippen LogP) is 2.55. The Morgan fingerprint density at radius 3 is 2.69 bits per heavy atom. The van der Waals surface area contributed by atoms with E-state index in [0.717, 1.165) is 41.7 Å². The first kappa shape index (κ1) is 16.7. The van der Waals surface area contributed by atoms with Gasteiger partial charge in [0.2, 0.25) is 5.91 Å². The number of carbonyl (C=O) groups excluding carboxylic acids is 1. The van der Waals surface area contributed by atoms with Crippen LogP contribution in [0.3, 0.4) is 0 Å². The normalized spacial score (nSPS) is 14.8. The van der Waals surface area contributed by atoms with E-state index in [-0.39, 0.29) is 5.91 Å². The molecule has 26 heavy (non-hydrogen) atoms. The monoisotopic (exact) mass is 350 g/mol. The minimum absolute atomic E-state index is 0.0164. The van der Waals surface area contributed by atoms with E-state index in [2.05, 4.69) is 25.3 Å². The van der Waals surface area contributed by atoms with Gasteiger partial charge in [-0.3, -0.25) is 19.4 Å². The van der Waals surface area contributed by atoms with Gasteiger partial charge in [0, 0.05) is 36.1 Å². The van der Waals surface area contributed by atoms with Crippen molar-refractivity contribution in [2.24, 2.45) is 0 Å². The first-order chi connectivity index (χ1) is 12.7. The summed E-state index contributed by atoms with van der Waals surface area (Å²) in [7, 11) is 0. The number of nitrogens with zero attached hydrogens (tertiary/aromatic N) is 5. The van der Waals surface area contributed by atoms with E-state index in [0.29, 0.717) is 12.4 Å². The van der Waals surface area contributed by atoms with Crippen molar-refractivity contribution in [2.45, 2.75) is 26.3 Å². The summed E-state index contributed by atoms with van der Waals surface area (Å²) in [5, 5.41) is 9.13. The van der Waals surface area contributed by atoms with Gasteiger partial charge >= 0.3 is 0 Å². The van der Waals surface area contributed by atoms with E-state index in [1.807, 2.05) is 36.1 Å². The Hall–Kier alpha value is -2.80. The highest BCUT2D eigenvalue weighted by Crippen LogP contribution is 2.23. The summed E-state index contributed by atoms with van der Waals surface area (Å²) < 4.78 is 1.87. The van der Waals surface area contributed by atoms with E-state index in [1.54, 1.807) is 12.4 Å². The van der Waals surface area contributed by atoms with Crippen LogP contribution in [0.5, 0.6) is 0 Å². The third-order valence-corrected chi connectivity index (χ3v) is 4.69. The molecule has 0 spiro atoms. The fourth-order valence-electron chi connectivity index (χ4n) is 3.26. The summed E-state index contributed by atoms with van der Waals surface area (Å²) in [4.78, 5) is 23.2. The lowest BCUT2D eigenvalue weighted by Crippen LogP contribution is -2.31. The van der Waals surface area contributed by atoms with E-state index >= 15 is 0 Å². The molecule has 3 aromatic rings. The van der Waals surface area contributed by atoms with Crippen LogP contribution in [0.1, 0.15) is 19.8 Å². The molecule has 0 saturated carbocycles. The molecule has 1 saturated heterocycles. The molecule has 1 aliphatic rings. The third kappa shape index (κ3) is 3.57. The highest BCUT2D eigenvalue weighted by molar-refractivity contribution is 5.94. The summed E-state index contributed by atoms with van der Waals surface area (Å²) in [6.07, 6.45) is 9.69. The molecule has 1 fully saturated rings. The van der Waals surface area contributed by atoms with Gasteiger partial charge in [-0.05, 0) is 50.4 Å². The maximum atomic E-state index is 12.2. The van der Waals surface area contributed by atoms with Crippen molar-refractivity contribution >= 4 is 22.5 Å². The van der Waals surface area contributed by atoms with Crippen LogP contribution in [0.4, 0.5) is 5.82 Å². The van der Waals surface area contributed by atoms with Crippen LogP contribution in [-0.2, 0) is 11.3 Å². The van der Waals surface area contributed by atoms with Crippen LogP contribution in [-0.4, -0.2) is 50.2 Å². The largest absolute Gasteiger partial charge is 0.310 e. The van der Waals surface area contributed by atoms with Crippen molar-refractivity contribution < 1.29 is 4.79 Å². The lowest BCUT2D eigenvalue weighted by Gasteiger charge is -2.13. The quantitative estimate of drug-likeness (QED) is 0.765. The zero-order chi connectivity index (χ0) is 17.9. The molecule has 0 bridgehead atoms. The van der Waals surface area contributed by atoms with Gasteiger partial charge in [-0.25, -0.2) is 4.98 Å². The second kappa shape index (κ2) is 7.21. The molecule has 0 unspecified atom stereocenters. The van der Waals surface area contributed by atoms with Crippen molar-refractivity contribution in [1.82, 2.24) is 24.6 Å². The molecule has 0 aromatic carbocycles. The van der Waals surface area contributed by atoms with Gasteiger partial charge in [0.1, 0.15) is 5.82 Å². The smallest absolute Gasteiger partial charge is 0.239 e. The fourth-order valence-corrected chi connectivity index (χ4v) is 3.26. The summed E-state index contributed by atoms with van der Waals surface area (Å²) in [5.74, 6) is 0.556. The Balaban J connectivity index is 1.54. The number of nitrogens with one attached hydrogen (secondary N) is 1. The number of likely N-dealkylation sites (tertiary alicyclic amines) is 1. The minimum atomic E-state index is -0.0164. The summed E-state index contributed by atoms with van der Waals surface area (Å²) in [5.41, 5.74) is 1.84. The second-order valence-electron chi connectivity index (χ2n) is 6.60. The molecule has 0 radical (unpaired) electrons. The van der Waals surface area contributed by atoms with Gasteiger partial charge in [-0.1, -0.05) is 0 Å². The van der Waals surface area contributed by atoms with Crippen molar-refractivity contribution in [3.05, 3.63) is 36.9 Å². The van der Waals surface area contributed by atoms with E-state index in [9.17, 15) is 4.79 Å². The van der Waals surface area contributed by atoms with Crippen LogP contribution < -0.4 is 5.32 Å². The number of aryl methyl sites for hydroxylation is 1. The summed E-state index contributed by atoms with van der Waals surface area (Å²) in [6.45, 7) is 5.30. The van der Waals surface area contributed by atoms with Crippen LogP contribution in [0.15, 0.2) is 36.9 Å². The Morgan fingerprint density at radius 1 is 1.12 bits per heavy atom. The first-order valence-corrected chi connectivity index (χ1v) is 9.02. The molecule has 1 amide bonds. The Labute approximate surface area is 152 Å². The molecule has 134 valence electrons. The second-order valence-corrected chi connectivity index (χ2v) is 6.60. The van der Waals surface area contributed by atoms with Crippen molar-refractivity contribution in [1.29, 1.82) is 0 Å². The number of fused-ring (bicyclic) bond motifs is 1. The van der Waals surface area contributed by atoms with Crippen molar-refractivity contribution in [2.75, 3.05) is 25.0 Å². The molecule has 0 aliphatic carbocycles. The van der Waals surface area contributed by atoms with Gasteiger partial charge in [-0.2, -0.15) is 5.10 Å². The maximum Gasteiger partial charge on any atom is 0.239 e. The number of aromatic nitrogens is 4. The van der Waals surface area contributed by atoms with Crippen LogP contribution in [0.2, 0.25) is 0 Å². The molecule has 0 atom stereocenters. The molecular weight excluding hydrogens is 328 g/mol. The molecule has 7 heteroatoms. The molecule has 1 N–H and O–H groups in total. The highest BCUT2D eigenvalue weighted by atomic mass is 16.2. The molecular formula is C19H22N6O. The SMILES string of the molecule is CCn1cc(-c2cc3cc(NC(=O)CN4CCCC4)ncc3cn2)cn1.